The number of cyclic esters (lactones) is 1. The number of ether oxygens (including phenoxy) is 1. The maximum absolute atomic E-state index is 12.9. The molecule has 8 nitrogen and oxygen atoms in total. The van der Waals surface area contributed by atoms with Gasteiger partial charge in [0.2, 0.25) is 0 Å². The summed E-state index contributed by atoms with van der Waals surface area (Å²) in [6, 6.07) is 7.33. The van der Waals surface area contributed by atoms with Gasteiger partial charge in [0.1, 0.15) is 6.61 Å². The van der Waals surface area contributed by atoms with Gasteiger partial charge in [0.25, 0.3) is 5.91 Å². The number of nitrogens with zero attached hydrogens (tertiary/aromatic N) is 1. The summed E-state index contributed by atoms with van der Waals surface area (Å²) in [4.78, 5) is 24.7. The van der Waals surface area contributed by atoms with Gasteiger partial charge in [0.05, 0.1) is 17.3 Å². The summed E-state index contributed by atoms with van der Waals surface area (Å²) in [7, 11) is 0. The largest absolute Gasteiger partial charge is 0.458 e. The monoisotopic (exact) mass is 536 g/mol. The highest BCUT2D eigenvalue weighted by molar-refractivity contribution is 5.95. The summed E-state index contributed by atoms with van der Waals surface area (Å²) in [6.45, 7) is 4.35. The minimum absolute atomic E-state index is 0.0462. The van der Waals surface area contributed by atoms with Crippen molar-refractivity contribution in [2.45, 2.75) is 88.9 Å². The molecule has 0 bridgehead atoms. The van der Waals surface area contributed by atoms with Crippen molar-refractivity contribution in [2.75, 3.05) is 6.61 Å². The van der Waals surface area contributed by atoms with E-state index in [4.69, 9.17) is 4.74 Å². The SMILES string of the molecule is Cc1ccccc1C(=O)NN=CC12CCC(O)CC1(O)CCC1C2CCC2(C)C(C3=CC(=O)OC3)CCC12O. The molecule has 4 saturated carbocycles. The molecule has 5 aliphatic rings. The summed E-state index contributed by atoms with van der Waals surface area (Å²) < 4.78 is 5.23. The summed E-state index contributed by atoms with van der Waals surface area (Å²) >= 11 is 0. The summed E-state index contributed by atoms with van der Waals surface area (Å²) in [5.74, 6) is -0.627. The van der Waals surface area contributed by atoms with Crippen molar-refractivity contribution in [3.8, 4) is 0 Å². The predicted octanol–water partition coefficient (Wildman–Crippen LogP) is 3.42. The molecule has 1 heterocycles. The fraction of sp³-hybridized carbons (Fsp3) is 0.645. The second-order valence-electron chi connectivity index (χ2n) is 13.0. The van der Waals surface area contributed by atoms with Crippen LogP contribution >= 0.6 is 0 Å². The van der Waals surface area contributed by atoms with Gasteiger partial charge in [-0.3, -0.25) is 4.79 Å². The number of carbonyl (C=O) groups excluding carboxylic acids is 2. The lowest BCUT2D eigenvalue weighted by Crippen LogP contribution is -2.68. The maximum atomic E-state index is 12.9. The Hall–Kier alpha value is -2.55. The van der Waals surface area contributed by atoms with E-state index in [1.54, 1.807) is 18.4 Å². The van der Waals surface area contributed by atoms with Crippen LogP contribution in [0.1, 0.15) is 80.6 Å². The normalized spacial score (nSPS) is 43.3. The van der Waals surface area contributed by atoms with E-state index < -0.39 is 28.1 Å². The topological polar surface area (TPSA) is 128 Å². The lowest BCUT2D eigenvalue weighted by Gasteiger charge is -2.65. The number of aliphatic hydroxyl groups excluding tert-OH is 1. The number of carbonyl (C=O) groups is 2. The molecule has 0 spiro atoms. The van der Waals surface area contributed by atoms with Crippen molar-refractivity contribution in [1.82, 2.24) is 5.43 Å². The Morgan fingerprint density at radius 3 is 2.59 bits per heavy atom. The molecule has 6 rings (SSSR count). The molecular weight excluding hydrogens is 496 g/mol. The van der Waals surface area contributed by atoms with E-state index in [0.717, 1.165) is 30.4 Å². The van der Waals surface area contributed by atoms with Crippen LogP contribution in [0.5, 0.6) is 0 Å². The molecule has 1 aromatic carbocycles. The van der Waals surface area contributed by atoms with E-state index in [1.807, 2.05) is 25.1 Å². The van der Waals surface area contributed by atoms with Gasteiger partial charge in [-0.15, -0.1) is 0 Å². The van der Waals surface area contributed by atoms with Crippen LogP contribution in [0.25, 0.3) is 0 Å². The molecule has 4 fully saturated rings. The molecule has 8 heteroatoms. The van der Waals surface area contributed by atoms with Crippen LogP contribution in [-0.4, -0.2) is 57.3 Å². The van der Waals surface area contributed by atoms with E-state index in [1.165, 1.54) is 0 Å². The number of benzene rings is 1. The first-order valence-electron chi connectivity index (χ1n) is 14.4. The van der Waals surface area contributed by atoms with Gasteiger partial charge in [-0.1, -0.05) is 25.1 Å². The molecule has 0 radical (unpaired) electrons. The fourth-order valence-corrected chi connectivity index (χ4v) is 9.45. The van der Waals surface area contributed by atoms with Crippen molar-refractivity contribution in [1.29, 1.82) is 0 Å². The quantitative estimate of drug-likeness (QED) is 0.265. The first kappa shape index (κ1) is 26.7. The standard InChI is InChI=1S/C31H40N2O6/c1-19-5-3-4-6-22(19)27(36)33-32-18-29-12-7-21(34)16-30(29,37)13-9-25-24(29)8-11-28(2)23(10-14-31(25,28)38)20-15-26(35)39-17-20/h3-6,15,18,21,23-25,34,37-38H,7-14,16-17H2,1-2H3,(H,33,36). The number of amides is 1. The Morgan fingerprint density at radius 1 is 1.08 bits per heavy atom. The Bertz CT molecular complexity index is 1250. The minimum Gasteiger partial charge on any atom is -0.458 e. The molecule has 8 unspecified atom stereocenters. The smallest absolute Gasteiger partial charge is 0.331 e. The van der Waals surface area contributed by atoms with Crippen molar-refractivity contribution in [3.05, 3.63) is 47.0 Å². The second-order valence-corrected chi connectivity index (χ2v) is 13.0. The number of aliphatic hydroxyl groups is 3. The Balaban J connectivity index is 1.33. The van der Waals surface area contributed by atoms with Crippen molar-refractivity contribution >= 4 is 18.1 Å². The lowest BCUT2D eigenvalue weighted by molar-refractivity contribution is -0.237. The van der Waals surface area contributed by atoms with Crippen molar-refractivity contribution in [2.24, 2.45) is 33.7 Å². The number of aryl methyl sites for hydroxylation is 1. The van der Waals surface area contributed by atoms with E-state index >= 15 is 0 Å². The number of rotatable bonds is 4. The predicted molar refractivity (Wildman–Crippen MR) is 145 cm³/mol. The van der Waals surface area contributed by atoms with Crippen LogP contribution in [0, 0.1) is 35.5 Å². The molecule has 39 heavy (non-hydrogen) atoms. The Kier molecular flexibility index (Phi) is 6.32. The average Bonchev–Trinajstić information content (AvgIpc) is 3.44. The summed E-state index contributed by atoms with van der Waals surface area (Å²) in [5.41, 5.74) is 1.80. The first-order chi connectivity index (χ1) is 18.5. The van der Waals surface area contributed by atoms with Crippen LogP contribution in [0.3, 0.4) is 0 Å². The number of fused-ring (bicyclic) bond motifs is 5. The van der Waals surface area contributed by atoms with Gasteiger partial charge < -0.3 is 20.1 Å². The number of esters is 1. The van der Waals surface area contributed by atoms with E-state index in [9.17, 15) is 24.9 Å². The van der Waals surface area contributed by atoms with Gasteiger partial charge in [-0.2, -0.15) is 5.10 Å². The lowest BCUT2D eigenvalue weighted by atomic mass is 9.41. The van der Waals surface area contributed by atoms with Gasteiger partial charge in [0, 0.05) is 35.1 Å². The second kappa shape index (κ2) is 9.25. The van der Waals surface area contributed by atoms with Gasteiger partial charge >= 0.3 is 5.97 Å². The minimum atomic E-state index is -1.17. The average molecular weight is 537 g/mol. The third-order valence-electron chi connectivity index (χ3n) is 11.5. The summed E-state index contributed by atoms with van der Waals surface area (Å²) in [6.07, 6.45) is 8.21. The molecule has 0 aromatic heterocycles. The Labute approximate surface area is 229 Å². The Morgan fingerprint density at radius 2 is 1.85 bits per heavy atom. The van der Waals surface area contributed by atoms with Crippen LogP contribution in [-0.2, 0) is 9.53 Å². The number of nitrogens with one attached hydrogen (secondary N) is 1. The molecule has 210 valence electrons. The number of hydrogen-bond donors (Lipinski definition) is 4. The molecule has 1 aromatic rings. The highest BCUT2D eigenvalue weighted by Crippen LogP contribution is 2.70. The zero-order valence-corrected chi connectivity index (χ0v) is 22.9. The molecule has 8 atom stereocenters. The number of hydrogen-bond acceptors (Lipinski definition) is 7. The third kappa shape index (κ3) is 3.85. The van der Waals surface area contributed by atoms with Crippen LogP contribution in [0.2, 0.25) is 0 Å². The van der Waals surface area contributed by atoms with E-state index in [2.05, 4.69) is 17.5 Å². The van der Waals surface area contributed by atoms with Crippen LogP contribution in [0.15, 0.2) is 41.0 Å². The molecule has 0 saturated heterocycles. The van der Waals surface area contributed by atoms with Gasteiger partial charge in [-0.25, -0.2) is 10.2 Å². The highest BCUT2D eigenvalue weighted by atomic mass is 16.5. The highest BCUT2D eigenvalue weighted by Gasteiger charge is 2.71. The maximum Gasteiger partial charge on any atom is 0.331 e. The van der Waals surface area contributed by atoms with E-state index in [-0.39, 0.29) is 36.1 Å². The zero-order chi connectivity index (χ0) is 27.6. The molecule has 1 amide bonds. The van der Waals surface area contributed by atoms with Crippen molar-refractivity contribution in [3.63, 3.8) is 0 Å². The molecule has 4 aliphatic carbocycles. The molecule has 1 aliphatic heterocycles. The van der Waals surface area contributed by atoms with Gasteiger partial charge in [0.15, 0.2) is 0 Å². The molecular formula is C31H40N2O6. The summed E-state index contributed by atoms with van der Waals surface area (Å²) in [5, 5.41) is 39.6. The first-order valence-corrected chi connectivity index (χ1v) is 14.4. The zero-order valence-electron chi connectivity index (χ0n) is 22.9. The van der Waals surface area contributed by atoms with Gasteiger partial charge in [-0.05, 0) is 93.2 Å². The van der Waals surface area contributed by atoms with Crippen LogP contribution in [0.4, 0.5) is 0 Å². The third-order valence-corrected chi connectivity index (χ3v) is 11.5. The van der Waals surface area contributed by atoms with Crippen molar-refractivity contribution < 1.29 is 29.6 Å². The molecule has 4 N–H and O–H groups in total. The van der Waals surface area contributed by atoms with Crippen LogP contribution < -0.4 is 5.43 Å². The fourth-order valence-electron chi connectivity index (χ4n) is 9.45. The van der Waals surface area contributed by atoms with E-state index in [0.29, 0.717) is 44.3 Å². The number of hydrazone groups is 1.